The Labute approximate surface area is 97.2 Å². The fourth-order valence-electron chi connectivity index (χ4n) is 1.17. The van der Waals surface area contributed by atoms with Gasteiger partial charge in [-0.3, -0.25) is 4.79 Å². The molecular weight excluding hydrogens is 238 g/mol. The van der Waals surface area contributed by atoms with Gasteiger partial charge >= 0.3 is 0 Å². The summed E-state index contributed by atoms with van der Waals surface area (Å²) in [5, 5.41) is -0.940. The number of carbonyl (C=O) groups excluding carboxylic acids is 1. The van der Waals surface area contributed by atoms with Gasteiger partial charge in [0.25, 0.3) is 5.24 Å². The second-order valence-corrected chi connectivity index (χ2v) is 3.58. The number of ether oxygens (including phenoxy) is 1. The summed E-state index contributed by atoms with van der Waals surface area (Å²) in [6.45, 7) is 2.20. The third-order valence-corrected chi connectivity index (χ3v) is 2.17. The molecule has 16 heavy (non-hydrogen) atoms. The van der Waals surface area contributed by atoms with E-state index in [2.05, 4.69) is 0 Å². The highest BCUT2D eigenvalue weighted by atomic mass is 35.5. The van der Waals surface area contributed by atoms with Crippen LogP contribution in [0.25, 0.3) is 0 Å². The van der Waals surface area contributed by atoms with Gasteiger partial charge in [0.2, 0.25) is 0 Å². The number of rotatable bonds is 5. The number of hydrogen-bond donors (Lipinski definition) is 0. The van der Waals surface area contributed by atoms with Crippen LogP contribution in [0.1, 0.15) is 30.1 Å². The van der Waals surface area contributed by atoms with Crippen LogP contribution in [0.3, 0.4) is 0 Å². The minimum Gasteiger partial charge on any atom is -0.490 e. The van der Waals surface area contributed by atoms with E-state index in [4.69, 9.17) is 16.3 Å². The predicted octanol–water partition coefficient (Wildman–Crippen LogP) is 3.52. The van der Waals surface area contributed by atoms with Crippen molar-refractivity contribution in [2.45, 2.75) is 19.8 Å². The lowest BCUT2D eigenvalue weighted by molar-refractivity contribution is 0.107. The van der Waals surface area contributed by atoms with Gasteiger partial charge in [-0.15, -0.1) is 0 Å². The van der Waals surface area contributed by atoms with Gasteiger partial charge in [-0.25, -0.2) is 8.78 Å². The molecule has 0 heterocycles. The van der Waals surface area contributed by atoms with Crippen molar-refractivity contribution in [2.24, 2.45) is 0 Å². The summed E-state index contributed by atoms with van der Waals surface area (Å²) in [5.74, 6) is -2.06. The van der Waals surface area contributed by atoms with Gasteiger partial charge in [0.1, 0.15) is 5.82 Å². The minimum atomic E-state index is -0.940. The molecule has 0 bridgehead atoms. The van der Waals surface area contributed by atoms with Crippen molar-refractivity contribution in [3.8, 4) is 5.75 Å². The van der Waals surface area contributed by atoms with Crippen LogP contribution >= 0.6 is 11.6 Å². The Morgan fingerprint density at radius 3 is 2.69 bits per heavy atom. The van der Waals surface area contributed by atoms with Crippen LogP contribution in [0.15, 0.2) is 12.1 Å². The molecule has 0 aliphatic heterocycles. The van der Waals surface area contributed by atoms with E-state index in [0.717, 1.165) is 12.5 Å². The van der Waals surface area contributed by atoms with Gasteiger partial charge < -0.3 is 4.74 Å². The van der Waals surface area contributed by atoms with E-state index < -0.39 is 16.9 Å². The van der Waals surface area contributed by atoms with Gasteiger partial charge in [-0.2, -0.15) is 0 Å². The Morgan fingerprint density at radius 2 is 2.12 bits per heavy atom. The molecule has 1 rings (SSSR count). The third-order valence-electron chi connectivity index (χ3n) is 1.96. The molecule has 2 nitrogen and oxygen atoms in total. The van der Waals surface area contributed by atoms with Gasteiger partial charge in [0.15, 0.2) is 11.6 Å². The first-order chi connectivity index (χ1) is 7.56. The summed E-state index contributed by atoms with van der Waals surface area (Å²) in [5.41, 5.74) is -0.282. The Morgan fingerprint density at radius 1 is 1.44 bits per heavy atom. The van der Waals surface area contributed by atoms with Crippen molar-refractivity contribution >= 4 is 16.8 Å². The third kappa shape index (κ3) is 3.17. The van der Waals surface area contributed by atoms with E-state index >= 15 is 0 Å². The van der Waals surface area contributed by atoms with E-state index in [9.17, 15) is 13.6 Å². The molecular formula is C11H11ClF2O2. The maximum atomic E-state index is 13.3. The number of carbonyl (C=O) groups is 1. The molecule has 0 atom stereocenters. The number of unbranched alkanes of at least 4 members (excludes halogenated alkanes) is 1. The molecule has 0 amide bonds. The average molecular weight is 249 g/mol. The molecule has 0 aliphatic carbocycles. The van der Waals surface area contributed by atoms with Crippen molar-refractivity contribution in [2.75, 3.05) is 6.61 Å². The summed E-state index contributed by atoms with van der Waals surface area (Å²) in [6.07, 6.45) is 1.58. The topological polar surface area (TPSA) is 26.3 Å². The highest BCUT2D eigenvalue weighted by molar-refractivity contribution is 6.68. The van der Waals surface area contributed by atoms with E-state index in [-0.39, 0.29) is 17.9 Å². The summed E-state index contributed by atoms with van der Waals surface area (Å²) in [7, 11) is 0. The van der Waals surface area contributed by atoms with E-state index in [1.165, 1.54) is 0 Å². The highest BCUT2D eigenvalue weighted by Gasteiger charge is 2.17. The molecule has 1 aromatic carbocycles. The molecule has 0 saturated carbocycles. The van der Waals surface area contributed by atoms with Gasteiger partial charge in [-0.05, 0) is 24.1 Å². The Hall–Kier alpha value is -1.16. The number of benzene rings is 1. The van der Waals surface area contributed by atoms with Crippen molar-refractivity contribution in [3.05, 3.63) is 29.3 Å². The number of halogens is 3. The second-order valence-electron chi connectivity index (χ2n) is 3.24. The van der Waals surface area contributed by atoms with Gasteiger partial charge in [0, 0.05) is 6.07 Å². The summed E-state index contributed by atoms with van der Waals surface area (Å²) in [6, 6.07) is 1.52. The fraction of sp³-hybridized carbons (Fsp3) is 0.364. The maximum absolute atomic E-state index is 13.3. The first kappa shape index (κ1) is 12.9. The minimum absolute atomic E-state index is 0.260. The lowest BCUT2D eigenvalue weighted by atomic mass is 10.2. The van der Waals surface area contributed by atoms with Crippen molar-refractivity contribution in [3.63, 3.8) is 0 Å². The zero-order valence-electron chi connectivity index (χ0n) is 8.73. The maximum Gasteiger partial charge on any atom is 0.256 e. The molecule has 5 heteroatoms. The zero-order chi connectivity index (χ0) is 12.1. The standard InChI is InChI=1S/C11H11ClF2O2/c1-2-3-4-16-10-8(11(12)15)5-7(13)6-9(10)14/h5-6H,2-4H2,1H3. The molecule has 0 radical (unpaired) electrons. The quantitative estimate of drug-likeness (QED) is 0.589. The van der Waals surface area contributed by atoms with Crippen LogP contribution in [-0.4, -0.2) is 11.8 Å². The largest absolute Gasteiger partial charge is 0.490 e. The van der Waals surface area contributed by atoms with Gasteiger partial charge in [0.05, 0.1) is 12.2 Å². The molecule has 0 N–H and O–H groups in total. The van der Waals surface area contributed by atoms with Crippen LogP contribution in [-0.2, 0) is 0 Å². The molecule has 0 fully saturated rings. The summed E-state index contributed by atoms with van der Waals surface area (Å²) >= 11 is 5.21. The first-order valence-electron chi connectivity index (χ1n) is 4.88. The van der Waals surface area contributed by atoms with Crippen molar-refractivity contribution in [1.29, 1.82) is 0 Å². The fourth-order valence-corrected chi connectivity index (χ4v) is 1.31. The normalized spacial score (nSPS) is 10.2. The Bertz CT molecular complexity index is 394. The SMILES string of the molecule is CCCCOc1c(F)cc(F)cc1C(=O)Cl. The molecule has 0 unspecified atom stereocenters. The smallest absolute Gasteiger partial charge is 0.256 e. The van der Waals surface area contributed by atoms with Crippen molar-refractivity contribution < 1.29 is 18.3 Å². The lowest BCUT2D eigenvalue weighted by Crippen LogP contribution is -2.05. The van der Waals surface area contributed by atoms with Crippen LogP contribution in [0.4, 0.5) is 8.78 Å². The Kier molecular flexibility index (Phi) is 4.68. The van der Waals surface area contributed by atoms with E-state index in [1.807, 2.05) is 6.92 Å². The molecule has 1 aromatic rings. The van der Waals surface area contributed by atoms with Crippen molar-refractivity contribution in [1.82, 2.24) is 0 Å². The molecule has 0 spiro atoms. The second kappa shape index (κ2) is 5.80. The highest BCUT2D eigenvalue weighted by Crippen LogP contribution is 2.26. The predicted molar refractivity (Wildman–Crippen MR) is 56.9 cm³/mol. The zero-order valence-corrected chi connectivity index (χ0v) is 9.48. The monoisotopic (exact) mass is 248 g/mol. The van der Waals surface area contributed by atoms with E-state index in [0.29, 0.717) is 12.5 Å². The van der Waals surface area contributed by atoms with Crippen LogP contribution in [0, 0.1) is 11.6 Å². The van der Waals surface area contributed by atoms with Crippen LogP contribution < -0.4 is 4.74 Å². The summed E-state index contributed by atoms with van der Waals surface area (Å²) in [4.78, 5) is 11.0. The molecule has 0 saturated heterocycles. The lowest BCUT2D eigenvalue weighted by Gasteiger charge is -2.09. The summed E-state index contributed by atoms with van der Waals surface area (Å²) < 4.78 is 31.3. The molecule has 0 aliphatic rings. The van der Waals surface area contributed by atoms with Crippen LogP contribution in [0.5, 0.6) is 5.75 Å². The van der Waals surface area contributed by atoms with Gasteiger partial charge in [-0.1, -0.05) is 13.3 Å². The molecule has 88 valence electrons. The molecule has 0 aromatic heterocycles. The first-order valence-corrected chi connectivity index (χ1v) is 5.25. The van der Waals surface area contributed by atoms with E-state index in [1.54, 1.807) is 0 Å². The average Bonchev–Trinajstić information content (AvgIpc) is 2.20. The van der Waals surface area contributed by atoms with Crippen LogP contribution in [0.2, 0.25) is 0 Å². The Balaban J connectivity index is 2.99. The number of hydrogen-bond acceptors (Lipinski definition) is 2.